The molecule has 1 aromatic carbocycles. The van der Waals surface area contributed by atoms with Crippen LogP contribution in [0, 0.1) is 0 Å². The van der Waals surface area contributed by atoms with Crippen molar-refractivity contribution in [3.8, 4) is 0 Å². The van der Waals surface area contributed by atoms with Crippen LogP contribution in [0.1, 0.15) is 28.9 Å². The first-order valence-electron chi connectivity index (χ1n) is 8.62. The van der Waals surface area contributed by atoms with Gasteiger partial charge in [0.15, 0.2) is 5.69 Å². The molecule has 0 radical (unpaired) electrons. The van der Waals surface area contributed by atoms with Crippen LogP contribution >= 0.6 is 11.3 Å². The lowest BCUT2D eigenvalue weighted by Gasteiger charge is -2.25. The van der Waals surface area contributed by atoms with Crippen LogP contribution in [0.25, 0.3) is 10.8 Å². The molecule has 0 bridgehead atoms. The Hall–Kier alpha value is -2.51. The van der Waals surface area contributed by atoms with E-state index in [1.165, 1.54) is 0 Å². The van der Waals surface area contributed by atoms with Gasteiger partial charge >= 0.3 is 0 Å². The Morgan fingerprint density at radius 3 is 2.88 bits per heavy atom. The standard InChI is InChI=1S/C19H19N3O3S/c23-18-16-6-2-1-5-15(16)17(20-21-18)19(24)22(10-13-7-9-26-12-13)11-14-4-3-8-25-14/h1-2,5-7,9,12,14H,3-4,8,10-11H2,(H,21,23). The maximum atomic E-state index is 13.3. The molecule has 1 aliphatic rings. The van der Waals surface area contributed by atoms with Gasteiger partial charge in [-0.15, -0.1) is 0 Å². The molecule has 1 atom stereocenters. The summed E-state index contributed by atoms with van der Waals surface area (Å²) in [6.45, 7) is 1.76. The van der Waals surface area contributed by atoms with E-state index in [2.05, 4.69) is 10.2 Å². The van der Waals surface area contributed by atoms with Crippen molar-refractivity contribution in [2.75, 3.05) is 13.2 Å². The van der Waals surface area contributed by atoms with Gasteiger partial charge in [0.25, 0.3) is 11.5 Å². The third-order valence-electron chi connectivity index (χ3n) is 4.59. The molecular formula is C19H19N3O3S. The number of fused-ring (bicyclic) bond motifs is 1. The molecule has 1 N–H and O–H groups in total. The zero-order valence-electron chi connectivity index (χ0n) is 14.2. The molecule has 0 spiro atoms. The third-order valence-corrected chi connectivity index (χ3v) is 5.32. The minimum Gasteiger partial charge on any atom is -0.376 e. The summed E-state index contributed by atoms with van der Waals surface area (Å²) < 4.78 is 5.73. The van der Waals surface area contributed by atoms with E-state index < -0.39 is 0 Å². The van der Waals surface area contributed by atoms with Crippen LogP contribution in [0.3, 0.4) is 0 Å². The molecule has 3 heterocycles. The van der Waals surface area contributed by atoms with Crippen molar-refractivity contribution in [1.29, 1.82) is 0 Å². The average molecular weight is 369 g/mol. The fourth-order valence-electron chi connectivity index (χ4n) is 3.28. The Morgan fingerprint density at radius 2 is 2.15 bits per heavy atom. The molecule has 26 heavy (non-hydrogen) atoms. The summed E-state index contributed by atoms with van der Waals surface area (Å²) in [4.78, 5) is 27.0. The van der Waals surface area contributed by atoms with Gasteiger partial charge < -0.3 is 9.64 Å². The largest absolute Gasteiger partial charge is 0.376 e. The molecule has 1 amide bonds. The number of aromatic amines is 1. The van der Waals surface area contributed by atoms with Crippen molar-refractivity contribution in [2.45, 2.75) is 25.5 Å². The smallest absolute Gasteiger partial charge is 0.275 e. The van der Waals surface area contributed by atoms with Gasteiger partial charge in [0, 0.05) is 25.1 Å². The highest BCUT2D eigenvalue weighted by Gasteiger charge is 2.26. The normalized spacial score (nSPS) is 16.8. The number of thiophene rings is 1. The molecule has 1 saturated heterocycles. The summed E-state index contributed by atoms with van der Waals surface area (Å²) in [5, 5.41) is 11.6. The number of benzene rings is 1. The maximum Gasteiger partial charge on any atom is 0.275 e. The van der Waals surface area contributed by atoms with Gasteiger partial charge in [-0.1, -0.05) is 18.2 Å². The van der Waals surface area contributed by atoms with Gasteiger partial charge in [-0.3, -0.25) is 9.59 Å². The molecule has 1 aliphatic heterocycles. The van der Waals surface area contributed by atoms with Crippen LogP contribution in [0.5, 0.6) is 0 Å². The summed E-state index contributed by atoms with van der Waals surface area (Å²) in [7, 11) is 0. The number of rotatable bonds is 5. The number of amides is 1. The monoisotopic (exact) mass is 369 g/mol. The number of H-pyrrole nitrogens is 1. The quantitative estimate of drug-likeness (QED) is 0.750. The van der Waals surface area contributed by atoms with Gasteiger partial charge in [0.1, 0.15) is 0 Å². The second kappa shape index (κ2) is 7.39. The van der Waals surface area contributed by atoms with E-state index in [9.17, 15) is 9.59 Å². The van der Waals surface area contributed by atoms with Gasteiger partial charge in [-0.2, -0.15) is 16.4 Å². The highest BCUT2D eigenvalue weighted by molar-refractivity contribution is 7.07. The Morgan fingerprint density at radius 1 is 1.31 bits per heavy atom. The van der Waals surface area contributed by atoms with Gasteiger partial charge in [-0.05, 0) is 41.3 Å². The number of ether oxygens (including phenoxy) is 1. The minimum atomic E-state index is -0.291. The Bertz CT molecular complexity index is 962. The Kier molecular flexibility index (Phi) is 4.81. The van der Waals surface area contributed by atoms with Crippen molar-refractivity contribution in [2.24, 2.45) is 0 Å². The summed E-state index contributed by atoms with van der Waals surface area (Å²) in [5.41, 5.74) is 1.06. The number of aromatic nitrogens is 2. The second-order valence-electron chi connectivity index (χ2n) is 6.40. The molecule has 2 aromatic heterocycles. The van der Waals surface area contributed by atoms with Gasteiger partial charge in [-0.25, -0.2) is 5.10 Å². The molecule has 1 fully saturated rings. The number of hydrogen-bond acceptors (Lipinski definition) is 5. The van der Waals surface area contributed by atoms with Crippen molar-refractivity contribution in [3.63, 3.8) is 0 Å². The first-order chi connectivity index (χ1) is 12.7. The summed E-state index contributed by atoms with van der Waals surface area (Å²) in [5.74, 6) is -0.195. The van der Waals surface area contributed by atoms with Crippen molar-refractivity contribution < 1.29 is 9.53 Å². The molecule has 7 heteroatoms. The van der Waals surface area contributed by atoms with E-state index in [0.29, 0.717) is 23.9 Å². The Balaban J connectivity index is 1.69. The van der Waals surface area contributed by atoms with Crippen LogP contribution in [0.2, 0.25) is 0 Å². The summed E-state index contributed by atoms with van der Waals surface area (Å²) in [6.07, 6.45) is 2.02. The third kappa shape index (κ3) is 3.40. The van der Waals surface area contributed by atoms with Crippen molar-refractivity contribution in [3.05, 3.63) is 62.7 Å². The van der Waals surface area contributed by atoms with Crippen LogP contribution < -0.4 is 5.56 Å². The van der Waals surface area contributed by atoms with Crippen LogP contribution in [-0.2, 0) is 11.3 Å². The molecule has 6 nitrogen and oxygen atoms in total. The molecule has 4 rings (SSSR count). The Labute approximate surface area is 154 Å². The fourth-order valence-corrected chi connectivity index (χ4v) is 3.94. The van der Waals surface area contributed by atoms with E-state index in [1.807, 2.05) is 22.9 Å². The number of nitrogens with one attached hydrogen (secondary N) is 1. The average Bonchev–Trinajstić information content (AvgIpc) is 3.35. The molecule has 134 valence electrons. The van der Waals surface area contributed by atoms with Crippen LogP contribution in [-0.4, -0.2) is 40.3 Å². The zero-order valence-corrected chi connectivity index (χ0v) is 15.0. The number of hydrogen-bond donors (Lipinski definition) is 1. The van der Waals surface area contributed by atoms with Crippen molar-refractivity contribution >= 4 is 28.0 Å². The van der Waals surface area contributed by atoms with Gasteiger partial charge in [0.05, 0.1) is 11.5 Å². The summed E-state index contributed by atoms with van der Waals surface area (Å²) in [6, 6.07) is 9.07. The lowest BCUT2D eigenvalue weighted by molar-refractivity contribution is 0.0504. The van der Waals surface area contributed by atoms with E-state index in [1.54, 1.807) is 34.4 Å². The lowest BCUT2D eigenvalue weighted by atomic mass is 10.1. The molecule has 1 unspecified atom stereocenters. The fraction of sp³-hybridized carbons (Fsp3) is 0.316. The van der Waals surface area contributed by atoms with E-state index in [-0.39, 0.29) is 23.3 Å². The lowest BCUT2D eigenvalue weighted by Crippen LogP contribution is -2.37. The molecule has 3 aromatic rings. The zero-order chi connectivity index (χ0) is 17.9. The number of nitrogens with zero attached hydrogens (tertiary/aromatic N) is 2. The van der Waals surface area contributed by atoms with E-state index in [0.717, 1.165) is 25.0 Å². The van der Waals surface area contributed by atoms with Crippen molar-refractivity contribution in [1.82, 2.24) is 15.1 Å². The SMILES string of the molecule is O=C(c1n[nH]c(=O)c2ccccc12)N(Cc1ccsc1)CC1CCCO1. The topological polar surface area (TPSA) is 75.3 Å². The number of carbonyl (C=O) groups excluding carboxylic acids is 1. The predicted octanol–water partition coefficient (Wildman–Crippen LogP) is 2.81. The highest BCUT2D eigenvalue weighted by Crippen LogP contribution is 2.20. The maximum absolute atomic E-state index is 13.3. The van der Waals surface area contributed by atoms with Crippen LogP contribution in [0.4, 0.5) is 0 Å². The summed E-state index contributed by atoms with van der Waals surface area (Å²) >= 11 is 1.60. The van der Waals surface area contributed by atoms with E-state index in [4.69, 9.17) is 4.74 Å². The minimum absolute atomic E-state index is 0.0478. The molecule has 0 saturated carbocycles. The highest BCUT2D eigenvalue weighted by atomic mass is 32.1. The first-order valence-corrected chi connectivity index (χ1v) is 9.56. The molecule has 0 aliphatic carbocycles. The first kappa shape index (κ1) is 16.9. The second-order valence-corrected chi connectivity index (χ2v) is 7.18. The number of carbonyl (C=O) groups is 1. The predicted molar refractivity (Wildman–Crippen MR) is 100 cm³/mol. The van der Waals surface area contributed by atoms with Crippen LogP contribution in [0.15, 0.2) is 45.9 Å². The van der Waals surface area contributed by atoms with Gasteiger partial charge in [0.2, 0.25) is 0 Å². The van der Waals surface area contributed by atoms with E-state index >= 15 is 0 Å². The molecular weight excluding hydrogens is 350 g/mol.